The summed E-state index contributed by atoms with van der Waals surface area (Å²) in [5, 5.41) is 2.49. The maximum atomic E-state index is 5.28. The molecule has 0 amide bonds. The molecule has 7 aromatic carbocycles. The van der Waals surface area contributed by atoms with E-state index >= 15 is 0 Å². The van der Waals surface area contributed by atoms with Gasteiger partial charge in [0.05, 0.1) is 17.0 Å². The Labute approximate surface area is 332 Å². The first kappa shape index (κ1) is 32.9. The van der Waals surface area contributed by atoms with Gasteiger partial charge in [-0.15, -0.1) is 23.1 Å². The van der Waals surface area contributed by atoms with E-state index in [0.717, 1.165) is 55.9 Å². The predicted molar refractivity (Wildman–Crippen MR) is 233 cm³/mol. The summed E-state index contributed by atoms with van der Waals surface area (Å²) in [4.78, 5) is 26.9. The molecule has 56 heavy (non-hydrogen) atoms. The van der Waals surface area contributed by atoms with Gasteiger partial charge in [0, 0.05) is 47.3 Å². The molecule has 2 atom stereocenters. The Morgan fingerprint density at radius 1 is 0.446 bits per heavy atom. The molecular formula is C49H31N5S2. The highest BCUT2D eigenvalue weighted by Crippen LogP contribution is 2.49. The summed E-state index contributed by atoms with van der Waals surface area (Å²) < 4.78 is 2.41. The van der Waals surface area contributed by atoms with Crippen LogP contribution >= 0.6 is 23.1 Å². The van der Waals surface area contributed by atoms with Crippen molar-refractivity contribution in [3.05, 3.63) is 193 Å². The zero-order valence-electron chi connectivity index (χ0n) is 30.0. The Kier molecular flexibility index (Phi) is 8.00. The van der Waals surface area contributed by atoms with Gasteiger partial charge in [0.1, 0.15) is 0 Å². The van der Waals surface area contributed by atoms with Crippen LogP contribution in [0.15, 0.2) is 191 Å². The first-order valence-corrected chi connectivity index (χ1v) is 20.3. The minimum absolute atomic E-state index is 0.0268. The summed E-state index contributed by atoms with van der Waals surface area (Å²) in [5.74, 6) is 2.74. The van der Waals surface area contributed by atoms with Crippen molar-refractivity contribution in [3.63, 3.8) is 0 Å². The number of thiophene rings is 1. The van der Waals surface area contributed by atoms with Gasteiger partial charge in [-0.05, 0) is 46.5 Å². The quantitative estimate of drug-likeness (QED) is 0.170. The van der Waals surface area contributed by atoms with Crippen molar-refractivity contribution in [2.45, 2.75) is 16.2 Å². The largest absolute Gasteiger partial charge is 0.256 e. The molecule has 2 aliphatic rings. The van der Waals surface area contributed by atoms with Crippen molar-refractivity contribution in [2.24, 2.45) is 9.98 Å². The summed E-state index contributed by atoms with van der Waals surface area (Å²) >= 11 is 3.67. The number of nitrogens with zero attached hydrogens (tertiary/aromatic N) is 5. The van der Waals surface area contributed by atoms with Gasteiger partial charge in [-0.1, -0.05) is 152 Å². The third kappa shape index (κ3) is 5.75. The first-order chi connectivity index (χ1) is 27.7. The van der Waals surface area contributed by atoms with Gasteiger partial charge in [-0.25, -0.2) is 19.9 Å². The van der Waals surface area contributed by atoms with Crippen LogP contribution in [0.5, 0.6) is 0 Å². The van der Waals surface area contributed by atoms with Crippen molar-refractivity contribution in [3.8, 4) is 45.3 Å². The molecular weight excluding hydrogens is 723 g/mol. The van der Waals surface area contributed by atoms with Crippen LogP contribution in [0.1, 0.15) is 22.7 Å². The van der Waals surface area contributed by atoms with Crippen LogP contribution in [0, 0.1) is 0 Å². The molecule has 4 heterocycles. The Morgan fingerprint density at radius 3 is 1.77 bits per heavy atom. The highest BCUT2D eigenvalue weighted by molar-refractivity contribution is 8.01. The van der Waals surface area contributed by atoms with Crippen molar-refractivity contribution in [2.75, 3.05) is 0 Å². The van der Waals surface area contributed by atoms with E-state index in [-0.39, 0.29) is 11.3 Å². The summed E-state index contributed by atoms with van der Waals surface area (Å²) in [6.45, 7) is 0. The molecule has 264 valence electrons. The third-order valence-electron chi connectivity index (χ3n) is 10.5. The summed E-state index contributed by atoms with van der Waals surface area (Å²) in [6.07, 6.45) is 0. The van der Waals surface area contributed by atoms with Crippen LogP contribution in [-0.4, -0.2) is 31.7 Å². The Balaban J connectivity index is 0.994. The average Bonchev–Trinajstić information content (AvgIpc) is 3.85. The number of amidine groups is 1. The second-order valence-electron chi connectivity index (χ2n) is 13.9. The topological polar surface area (TPSA) is 63.4 Å². The average molecular weight is 754 g/mol. The molecule has 0 bridgehead atoms. The fraction of sp³-hybridized carbons (Fsp3) is 0.0408. The molecule has 7 heteroatoms. The highest BCUT2D eigenvalue weighted by Gasteiger charge is 2.39. The first-order valence-electron chi connectivity index (χ1n) is 18.6. The van der Waals surface area contributed by atoms with Crippen LogP contribution in [0.3, 0.4) is 0 Å². The number of fused-ring (bicyclic) bond motifs is 6. The van der Waals surface area contributed by atoms with Crippen molar-refractivity contribution >= 4 is 54.8 Å². The van der Waals surface area contributed by atoms with Crippen LogP contribution in [-0.2, 0) is 0 Å². The minimum atomic E-state index is 0.0268. The van der Waals surface area contributed by atoms with Gasteiger partial charge in [0.25, 0.3) is 0 Å². The zero-order chi connectivity index (χ0) is 37.0. The van der Waals surface area contributed by atoms with E-state index in [2.05, 4.69) is 115 Å². The van der Waals surface area contributed by atoms with Crippen LogP contribution in [0.4, 0.5) is 0 Å². The highest BCUT2D eigenvalue weighted by atomic mass is 32.2. The molecule has 2 aliphatic heterocycles. The predicted octanol–water partition coefficient (Wildman–Crippen LogP) is 12.4. The molecule has 0 N–H and O–H groups in total. The van der Waals surface area contributed by atoms with Gasteiger partial charge >= 0.3 is 0 Å². The normalized spacial score (nSPS) is 16.0. The van der Waals surface area contributed by atoms with E-state index in [1.165, 1.54) is 25.2 Å². The lowest BCUT2D eigenvalue weighted by atomic mass is 9.95. The van der Waals surface area contributed by atoms with E-state index in [9.17, 15) is 0 Å². The van der Waals surface area contributed by atoms with Gasteiger partial charge in [-0.3, -0.25) is 4.99 Å². The second kappa shape index (κ2) is 13.6. The number of hydrogen-bond donors (Lipinski definition) is 0. The lowest BCUT2D eigenvalue weighted by Gasteiger charge is -2.24. The smallest absolute Gasteiger partial charge is 0.164 e. The van der Waals surface area contributed by atoms with Gasteiger partial charge < -0.3 is 0 Å². The lowest BCUT2D eigenvalue weighted by molar-refractivity contribution is 0.773. The number of rotatable bonds is 6. The molecule has 0 saturated carbocycles. The van der Waals surface area contributed by atoms with Gasteiger partial charge in [0.15, 0.2) is 23.3 Å². The zero-order valence-corrected chi connectivity index (χ0v) is 31.6. The van der Waals surface area contributed by atoms with Crippen molar-refractivity contribution in [1.82, 2.24) is 15.0 Å². The number of hydrogen-bond acceptors (Lipinski definition) is 7. The standard InChI is InChI=1S/C49H31N5S2/c1-4-13-31(14-5-1)43-45-44(36-19-10-11-21-39(36)56-45)51-46(50-43)34-25-23-30(24-26-34)35-27-28-40-38(29-35)42-37(20-12-22-41(42)55-40)49-53-47(32-15-6-2-7-16-32)52-48(54-49)33-17-8-3-9-18-33/h1-29,44-45H. The van der Waals surface area contributed by atoms with Crippen LogP contribution in [0.2, 0.25) is 0 Å². The number of aliphatic imine (C=N–C) groups is 2. The monoisotopic (exact) mass is 753 g/mol. The third-order valence-corrected chi connectivity index (χ3v) is 13.0. The van der Waals surface area contributed by atoms with E-state index in [4.69, 9.17) is 24.9 Å². The van der Waals surface area contributed by atoms with Gasteiger partial charge in [-0.2, -0.15) is 0 Å². The van der Waals surface area contributed by atoms with Crippen molar-refractivity contribution in [1.29, 1.82) is 0 Å². The summed E-state index contributed by atoms with van der Waals surface area (Å²) in [5.41, 5.74) is 9.69. The molecule has 0 fully saturated rings. The summed E-state index contributed by atoms with van der Waals surface area (Å²) in [7, 11) is 0. The Morgan fingerprint density at radius 2 is 1.05 bits per heavy atom. The maximum Gasteiger partial charge on any atom is 0.164 e. The Bertz CT molecular complexity index is 2940. The molecule has 0 spiro atoms. The minimum Gasteiger partial charge on any atom is -0.256 e. The second-order valence-corrected chi connectivity index (χ2v) is 16.2. The van der Waals surface area contributed by atoms with Crippen LogP contribution < -0.4 is 0 Å². The molecule has 2 aromatic heterocycles. The Hall–Kier alpha value is -6.54. The van der Waals surface area contributed by atoms with E-state index in [0.29, 0.717) is 17.5 Å². The fourth-order valence-electron chi connectivity index (χ4n) is 7.79. The van der Waals surface area contributed by atoms with E-state index in [1.54, 1.807) is 11.3 Å². The molecule has 9 aromatic rings. The number of benzene rings is 7. The van der Waals surface area contributed by atoms with Crippen LogP contribution in [0.25, 0.3) is 65.5 Å². The van der Waals surface area contributed by atoms with E-state index < -0.39 is 0 Å². The number of aromatic nitrogens is 3. The fourth-order valence-corrected chi connectivity index (χ4v) is 10.3. The molecule has 0 radical (unpaired) electrons. The molecule has 0 saturated heterocycles. The van der Waals surface area contributed by atoms with Crippen molar-refractivity contribution < 1.29 is 0 Å². The lowest BCUT2D eigenvalue weighted by Crippen LogP contribution is -2.28. The maximum absolute atomic E-state index is 5.28. The molecule has 11 rings (SSSR count). The van der Waals surface area contributed by atoms with E-state index in [1.807, 2.05) is 72.4 Å². The molecule has 0 aliphatic carbocycles. The van der Waals surface area contributed by atoms with Gasteiger partial charge in [0.2, 0.25) is 0 Å². The summed E-state index contributed by atoms with van der Waals surface area (Å²) in [6, 6.07) is 61.4. The molecule has 2 unspecified atom stereocenters. The number of thioether (sulfide) groups is 1. The SMILES string of the molecule is c1ccc(C2=NC(c3ccc(-c4ccc5sc6cccc(-c7nc(-c8ccccc8)nc(-c8ccccc8)n7)c6c5c4)cc3)=NC3c4ccccc4SC23)cc1. The molecule has 5 nitrogen and oxygen atoms in total.